The number of benzene rings is 1. The van der Waals surface area contributed by atoms with Crippen LogP contribution in [0, 0.1) is 12.8 Å². The van der Waals surface area contributed by atoms with Crippen molar-refractivity contribution in [3.63, 3.8) is 0 Å². The van der Waals surface area contributed by atoms with Crippen LogP contribution in [0.2, 0.25) is 0 Å². The van der Waals surface area contributed by atoms with E-state index >= 15 is 0 Å². The summed E-state index contributed by atoms with van der Waals surface area (Å²) in [7, 11) is 0. The lowest BCUT2D eigenvalue weighted by Crippen LogP contribution is -2.19. The van der Waals surface area contributed by atoms with Gasteiger partial charge in [0.1, 0.15) is 12.4 Å². The van der Waals surface area contributed by atoms with Crippen molar-refractivity contribution >= 4 is 15.9 Å². The molecule has 0 bridgehead atoms. The zero-order valence-electron chi connectivity index (χ0n) is 13.1. The van der Waals surface area contributed by atoms with Crippen molar-refractivity contribution in [1.82, 2.24) is 5.32 Å². The van der Waals surface area contributed by atoms with Gasteiger partial charge in [-0.25, -0.2) is 0 Å². The van der Waals surface area contributed by atoms with Crippen LogP contribution in [0.1, 0.15) is 38.3 Å². The molecule has 1 rings (SSSR count). The number of halogens is 1. The number of ether oxygens (including phenoxy) is 1. The molecule has 0 spiro atoms. The van der Waals surface area contributed by atoms with Crippen LogP contribution in [0.3, 0.4) is 0 Å². The SMILES string of the molecule is C=C(CC)COc1c(C)cc(Br)cc1CNCC(C)C. The van der Waals surface area contributed by atoms with Crippen LogP contribution in [-0.2, 0) is 6.54 Å². The Balaban J connectivity index is 2.81. The molecule has 0 aromatic heterocycles. The molecule has 1 aromatic carbocycles. The Morgan fingerprint density at radius 1 is 1.40 bits per heavy atom. The van der Waals surface area contributed by atoms with E-state index < -0.39 is 0 Å². The molecule has 20 heavy (non-hydrogen) atoms. The van der Waals surface area contributed by atoms with Gasteiger partial charge < -0.3 is 10.1 Å². The van der Waals surface area contributed by atoms with E-state index in [1.165, 1.54) is 5.56 Å². The van der Waals surface area contributed by atoms with E-state index in [1.807, 2.05) is 0 Å². The fourth-order valence-electron chi connectivity index (χ4n) is 1.91. The molecule has 112 valence electrons. The molecule has 3 heteroatoms. The van der Waals surface area contributed by atoms with Gasteiger partial charge in [0.25, 0.3) is 0 Å². The lowest BCUT2D eigenvalue weighted by Gasteiger charge is -2.16. The van der Waals surface area contributed by atoms with Crippen LogP contribution >= 0.6 is 15.9 Å². The van der Waals surface area contributed by atoms with Gasteiger partial charge in [-0.15, -0.1) is 0 Å². The Labute approximate surface area is 131 Å². The summed E-state index contributed by atoms with van der Waals surface area (Å²) < 4.78 is 7.07. The maximum atomic E-state index is 5.97. The first-order valence-electron chi connectivity index (χ1n) is 7.23. The molecule has 0 heterocycles. The Bertz CT molecular complexity index is 455. The Morgan fingerprint density at radius 2 is 2.10 bits per heavy atom. The molecular formula is C17H26BrNO. The van der Waals surface area contributed by atoms with Crippen molar-refractivity contribution < 1.29 is 4.74 Å². The highest BCUT2D eigenvalue weighted by molar-refractivity contribution is 9.10. The fraction of sp³-hybridized carbons (Fsp3) is 0.529. The standard InChI is InChI=1S/C17H26BrNO/c1-6-13(4)11-20-17-14(5)7-16(18)8-15(17)10-19-9-12(2)3/h7-8,12,19H,4,6,9-11H2,1-3,5H3. The normalized spacial score (nSPS) is 10.9. The van der Waals surface area contributed by atoms with Crippen molar-refractivity contribution in [1.29, 1.82) is 0 Å². The third-order valence-corrected chi connectivity index (χ3v) is 3.56. The van der Waals surface area contributed by atoms with E-state index in [2.05, 4.69) is 67.7 Å². The minimum atomic E-state index is 0.593. The van der Waals surface area contributed by atoms with Crippen molar-refractivity contribution in [2.24, 2.45) is 5.92 Å². The van der Waals surface area contributed by atoms with Gasteiger partial charge in [0.2, 0.25) is 0 Å². The quantitative estimate of drug-likeness (QED) is 0.683. The first-order chi connectivity index (χ1) is 9.43. The average molecular weight is 340 g/mol. The summed E-state index contributed by atoms with van der Waals surface area (Å²) in [5.41, 5.74) is 3.47. The monoisotopic (exact) mass is 339 g/mol. The van der Waals surface area contributed by atoms with Gasteiger partial charge in [0.05, 0.1) is 0 Å². The highest BCUT2D eigenvalue weighted by atomic mass is 79.9. The van der Waals surface area contributed by atoms with Crippen molar-refractivity contribution in [2.75, 3.05) is 13.2 Å². The summed E-state index contributed by atoms with van der Waals surface area (Å²) in [5.74, 6) is 1.63. The summed E-state index contributed by atoms with van der Waals surface area (Å²) in [6, 6.07) is 4.22. The second-order valence-electron chi connectivity index (χ2n) is 5.63. The minimum absolute atomic E-state index is 0.593. The second-order valence-corrected chi connectivity index (χ2v) is 6.54. The molecule has 1 aromatic rings. The Morgan fingerprint density at radius 3 is 2.70 bits per heavy atom. The van der Waals surface area contributed by atoms with E-state index in [1.54, 1.807) is 0 Å². The molecule has 0 aliphatic rings. The van der Waals surface area contributed by atoms with Crippen molar-refractivity contribution in [3.05, 3.63) is 39.9 Å². The molecule has 0 radical (unpaired) electrons. The topological polar surface area (TPSA) is 21.3 Å². The molecule has 0 fully saturated rings. The van der Waals surface area contributed by atoms with Gasteiger partial charge in [0, 0.05) is 16.6 Å². The van der Waals surface area contributed by atoms with Crippen LogP contribution in [-0.4, -0.2) is 13.2 Å². The van der Waals surface area contributed by atoms with E-state index in [9.17, 15) is 0 Å². The van der Waals surface area contributed by atoms with E-state index in [4.69, 9.17) is 4.74 Å². The van der Waals surface area contributed by atoms with Gasteiger partial charge >= 0.3 is 0 Å². The summed E-state index contributed by atoms with van der Waals surface area (Å²) in [6.07, 6.45) is 0.955. The largest absolute Gasteiger partial charge is 0.489 e. The summed E-state index contributed by atoms with van der Waals surface area (Å²) >= 11 is 3.56. The second kappa shape index (κ2) is 8.48. The Kier molecular flexibility index (Phi) is 7.31. The molecule has 0 saturated heterocycles. The zero-order valence-corrected chi connectivity index (χ0v) is 14.6. The average Bonchev–Trinajstić information content (AvgIpc) is 2.36. The number of nitrogens with one attached hydrogen (secondary N) is 1. The third-order valence-electron chi connectivity index (χ3n) is 3.10. The lowest BCUT2D eigenvalue weighted by molar-refractivity contribution is 0.341. The molecule has 1 N–H and O–H groups in total. The highest BCUT2D eigenvalue weighted by Gasteiger charge is 2.09. The molecule has 0 amide bonds. The van der Waals surface area contributed by atoms with Gasteiger partial charge in [-0.2, -0.15) is 0 Å². The Hall–Kier alpha value is -0.800. The van der Waals surface area contributed by atoms with Gasteiger partial charge in [0.15, 0.2) is 0 Å². The number of rotatable bonds is 8. The van der Waals surface area contributed by atoms with Crippen LogP contribution < -0.4 is 10.1 Å². The van der Waals surface area contributed by atoms with E-state index in [-0.39, 0.29) is 0 Å². The maximum absolute atomic E-state index is 5.97. The maximum Gasteiger partial charge on any atom is 0.127 e. The molecule has 0 unspecified atom stereocenters. The molecule has 0 saturated carbocycles. The summed E-state index contributed by atoms with van der Waals surface area (Å²) in [5, 5.41) is 3.47. The minimum Gasteiger partial charge on any atom is -0.489 e. The van der Waals surface area contributed by atoms with E-state index in [0.29, 0.717) is 12.5 Å². The lowest BCUT2D eigenvalue weighted by atomic mass is 10.1. The molecule has 0 atom stereocenters. The van der Waals surface area contributed by atoms with Gasteiger partial charge in [-0.1, -0.05) is 43.3 Å². The van der Waals surface area contributed by atoms with E-state index in [0.717, 1.165) is 40.9 Å². The number of aryl methyl sites for hydroxylation is 1. The molecule has 0 aliphatic carbocycles. The zero-order chi connectivity index (χ0) is 15.1. The molecule has 2 nitrogen and oxygen atoms in total. The predicted octanol–water partition coefficient (Wildman–Crippen LogP) is 4.85. The first-order valence-corrected chi connectivity index (χ1v) is 8.02. The van der Waals surface area contributed by atoms with Crippen LogP contribution in [0.15, 0.2) is 28.8 Å². The smallest absolute Gasteiger partial charge is 0.127 e. The number of hydrogen-bond acceptors (Lipinski definition) is 2. The highest BCUT2D eigenvalue weighted by Crippen LogP contribution is 2.28. The first kappa shape index (κ1) is 17.3. The fourth-order valence-corrected chi connectivity index (χ4v) is 2.53. The molecular weight excluding hydrogens is 314 g/mol. The van der Waals surface area contributed by atoms with Gasteiger partial charge in [-0.3, -0.25) is 0 Å². The number of hydrogen-bond donors (Lipinski definition) is 1. The van der Waals surface area contributed by atoms with Crippen molar-refractivity contribution in [2.45, 2.75) is 40.7 Å². The predicted molar refractivity (Wildman–Crippen MR) is 90.3 cm³/mol. The van der Waals surface area contributed by atoms with Crippen LogP contribution in [0.4, 0.5) is 0 Å². The van der Waals surface area contributed by atoms with Crippen LogP contribution in [0.5, 0.6) is 5.75 Å². The van der Waals surface area contributed by atoms with Gasteiger partial charge in [-0.05, 0) is 49.1 Å². The van der Waals surface area contributed by atoms with Crippen molar-refractivity contribution in [3.8, 4) is 5.75 Å². The third kappa shape index (κ3) is 5.68. The summed E-state index contributed by atoms with van der Waals surface area (Å²) in [6.45, 7) is 15.0. The van der Waals surface area contributed by atoms with Crippen LogP contribution in [0.25, 0.3) is 0 Å². The molecule has 0 aliphatic heterocycles. The summed E-state index contributed by atoms with van der Waals surface area (Å²) in [4.78, 5) is 0.